The average molecular weight is 416 g/mol. The van der Waals surface area contributed by atoms with Crippen LogP contribution in [-0.2, 0) is 20.9 Å². The van der Waals surface area contributed by atoms with Crippen LogP contribution in [-0.4, -0.2) is 36.9 Å². The molecule has 0 spiro atoms. The lowest BCUT2D eigenvalue weighted by Gasteiger charge is -2.17. The van der Waals surface area contributed by atoms with Crippen molar-refractivity contribution in [2.75, 3.05) is 25.5 Å². The van der Waals surface area contributed by atoms with Gasteiger partial charge in [-0.15, -0.1) is 0 Å². The van der Waals surface area contributed by atoms with Crippen LogP contribution in [0.2, 0.25) is 15.1 Å². The van der Waals surface area contributed by atoms with Gasteiger partial charge in [-0.3, -0.25) is 9.59 Å². The fourth-order valence-corrected chi connectivity index (χ4v) is 2.76. The van der Waals surface area contributed by atoms with Gasteiger partial charge in [0.15, 0.2) is 0 Å². The second-order valence-electron chi connectivity index (χ2n) is 5.48. The monoisotopic (exact) mass is 414 g/mol. The van der Waals surface area contributed by atoms with Crippen molar-refractivity contribution in [3.8, 4) is 0 Å². The molecule has 2 aromatic rings. The van der Waals surface area contributed by atoms with Crippen LogP contribution in [0.1, 0.15) is 5.56 Å². The number of halogens is 3. The highest BCUT2D eigenvalue weighted by Gasteiger charge is 2.15. The van der Waals surface area contributed by atoms with Crippen molar-refractivity contribution in [1.82, 2.24) is 4.90 Å². The minimum absolute atomic E-state index is 0.157. The molecule has 138 valence electrons. The Labute approximate surface area is 166 Å². The third-order valence-electron chi connectivity index (χ3n) is 3.47. The summed E-state index contributed by atoms with van der Waals surface area (Å²) >= 11 is 18.0. The Kier molecular flexibility index (Phi) is 7.72. The highest BCUT2D eigenvalue weighted by Crippen LogP contribution is 2.29. The van der Waals surface area contributed by atoms with Crippen molar-refractivity contribution < 1.29 is 14.3 Å². The number of benzene rings is 2. The molecular weight excluding hydrogens is 399 g/mol. The van der Waals surface area contributed by atoms with Crippen molar-refractivity contribution in [2.24, 2.45) is 0 Å². The molecular formula is C18H17Cl3N2O3. The van der Waals surface area contributed by atoms with E-state index >= 15 is 0 Å². The summed E-state index contributed by atoms with van der Waals surface area (Å²) in [5.74, 6) is -0.751. The summed E-state index contributed by atoms with van der Waals surface area (Å²) < 4.78 is 5.37. The molecule has 0 aliphatic rings. The first-order valence-corrected chi connectivity index (χ1v) is 8.81. The van der Waals surface area contributed by atoms with Crippen molar-refractivity contribution in [3.63, 3.8) is 0 Å². The average Bonchev–Trinajstić information content (AvgIpc) is 2.59. The molecule has 0 aliphatic heterocycles. The third kappa shape index (κ3) is 5.88. The lowest BCUT2D eigenvalue weighted by molar-refractivity contribution is -0.137. The Balaban J connectivity index is 1.81. The van der Waals surface area contributed by atoms with Gasteiger partial charge in [-0.25, -0.2) is 0 Å². The quantitative estimate of drug-likeness (QED) is 0.735. The Morgan fingerprint density at radius 1 is 1.00 bits per heavy atom. The standard InChI is InChI=1S/C18H17Cl3N2O3/c1-23(9-16(24)22-18-14(20)7-4-8-15(18)21)17(25)11-26-10-12-5-2-3-6-13(12)19/h2-8H,9-11H2,1H3,(H,22,24). The Morgan fingerprint density at radius 2 is 1.62 bits per heavy atom. The molecule has 0 saturated carbocycles. The van der Waals surface area contributed by atoms with Crippen molar-refractivity contribution in [3.05, 3.63) is 63.1 Å². The van der Waals surface area contributed by atoms with Crippen LogP contribution in [0.15, 0.2) is 42.5 Å². The molecule has 0 aromatic heterocycles. The van der Waals surface area contributed by atoms with Gasteiger partial charge in [0.2, 0.25) is 11.8 Å². The highest BCUT2D eigenvalue weighted by atomic mass is 35.5. The van der Waals surface area contributed by atoms with Gasteiger partial charge in [0.25, 0.3) is 0 Å². The fraction of sp³-hybridized carbons (Fsp3) is 0.222. The number of carbonyl (C=O) groups excluding carboxylic acids is 2. The van der Waals surface area contributed by atoms with Gasteiger partial charge in [0.05, 0.1) is 28.9 Å². The molecule has 2 amide bonds. The first kappa shape index (κ1) is 20.5. The molecule has 0 fully saturated rings. The largest absolute Gasteiger partial charge is 0.367 e. The minimum Gasteiger partial charge on any atom is -0.367 e. The van der Waals surface area contributed by atoms with Crippen LogP contribution >= 0.6 is 34.8 Å². The van der Waals surface area contributed by atoms with Gasteiger partial charge in [0.1, 0.15) is 6.61 Å². The number of anilines is 1. The van der Waals surface area contributed by atoms with Gasteiger partial charge < -0.3 is 15.0 Å². The molecule has 0 saturated heterocycles. The summed E-state index contributed by atoms with van der Waals surface area (Å²) in [6.45, 7) is -0.113. The van der Waals surface area contributed by atoms with Crippen LogP contribution in [0.4, 0.5) is 5.69 Å². The number of nitrogens with one attached hydrogen (secondary N) is 1. The maximum absolute atomic E-state index is 12.1. The lowest BCUT2D eigenvalue weighted by atomic mass is 10.2. The van der Waals surface area contributed by atoms with Crippen LogP contribution in [0, 0.1) is 0 Å². The predicted molar refractivity (Wildman–Crippen MR) is 104 cm³/mol. The van der Waals surface area contributed by atoms with Gasteiger partial charge in [-0.05, 0) is 23.8 Å². The molecule has 8 heteroatoms. The SMILES string of the molecule is CN(CC(=O)Nc1c(Cl)cccc1Cl)C(=O)COCc1ccccc1Cl. The molecule has 5 nitrogen and oxygen atoms in total. The second kappa shape index (κ2) is 9.78. The van der Waals surface area contributed by atoms with Crippen molar-refractivity contribution >= 4 is 52.3 Å². The predicted octanol–water partition coefficient (Wildman–Crippen LogP) is 4.26. The van der Waals surface area contributed by atoms with E-state index < -0.39 is 5.91 Å². The lowest BCUT2D eigenvalue weighted by Crippen LogP contribution is -2.37. The molecule has 26 heavy (non-hydrogen) atoms. The first-order valence-electron chi connectivity index (χ1n) is 7.67. The van der Waals surface area contributed by atoms with E-state index in [0.717, 1.165) is 5.56 Å². The number of amides is 2. The topological polar surface area (TPSA) is 58.6 Å². The molecule has 0 aliphatic carbocycles. The number of likely N-dealkylation sites (N-methyl/N-ethyl adjacent to an activating group) is 1. The summed E-state index contributed by atoms with van der Waals surface area (Å²) in [6, 6.07) is 12.1. The Hall–Kier alpha value is -1.79. The zero-order valence-electron chi connectivity index (χ0n) is 14.0. The summed E-state index contributed by atoms with van der Waals surface area (Å²) in [6.07, 6.45) is 0. The normalized spacial score (nSPS) is 10.5. The Bertz CT molecular complexity index is 779. The zero-order chi connectivity index (χ0) is 19.1. The number of ether oxygens (including phenoxy) is 1. The van der Waals surface area contributed by atoms with Gasteiger partial charge in [0, 0.05) is 12.1 Å². The van der Waals surface area contributed by atoms with E-state index in [0.29, 0.717) is 20.8 Å². The summed E-state index contributed by atoms with van der Waals surface area (Å²) in [5, 5.41) is 3.82. The van der Waals surface area contributed by atoms with Crippen LogP contribution in [0.5, 0.6) is 0 Å². The number of rotatable bonds is 7. The van der Waals surface area contributed by atoms with Gasteiger partial charge in [-0.2, -0.15) is 0 Å². The van der Waals surface area contributed by atoms with E-state index in [2.05, 4.69) is 5.32 Å². The molecule has 0 heterocycles. The zero-order valence-corrected chi connectivity index (χ0v) is 16.2. The number of hydrogen-bond donors (Lipinski definition) is 1. The van der Waals surface area contributed by atoms with E-state index in [-0.39, 0.29) is 25.7 Å². The molecule has 0 bridgehead atoms. The number of carbonyl (C=O) groups is 2. The van der Waals surface area contributed by atoms with E-state index in [1.54, 1.807) is 24.3 Å². The molecule has 0 atom stereocenters. The third-order valence-corrected chi connectivity index (χ3v) is 4.47. The van der Waals surface area contributed by atoms with Gasteiger partial charge >= 0.3 is 0 Å². The molecule has 0 unspecified atom stereocenters. The molecule has 1 N–H and O–H groups in total. The minimum atomic E-state index is -0.415. The molecule has 0 radical (unpaired) electrons. The van der Waals surface area contributed by atoms with Crippen molar-refractivity contribution in [2.45, 2.75) is 6.61 Å². The van der Waals surface area contributed by atoms with Crippen LogP contribution < -0.4 is 5.32 Å². The maximum Gasteiger partial charge on any atom is 0.248 e. The first-order chi connectivity index (χ1) is 12.4. The highest BCUT2D eigenvalue weighted by molar-refractivity contribution is 6.39. The molecule has 2 rings (SSSR count). The fourth-order valence-electron chi connectivity index (χ4n) is 2.07. The van der Waals surface area contributed by atoms with Crippen LogP contribution in [0.3, 0.4) is 0 Å². The number of nitrogens with zero attached hydrogens (tertiary/aromatic N) is 1. The molecule has 2 aromatic carbocycles. The number of para-hydroxylation sites is 1. The number of hydrogen-bond acceptors (Lipinski definition) is 3. The summed E-state index contributed by atoms with van der Waals surface area (Å²) in [5.41, 5.74) is 1.10. The van der Waals surface area contributed by atoms with Crippen LogP contribution in [0.25, 0.3) is 0 Å². The van der Waals surface area contributed by atoms with Gasteiger partial charge in [-0.1, -0.05) is 59.1 Å². The van der Waals surface area contributed by atoms with Crippen molar-refractivity contribution in [1.29, 1.82) is 0 Å². The van der Waals surface area contributed by atoms with E-state index in [1.165, 1.54) is 11.9 Å². The summed E-state index contributed by atoms with van der Waals surface area (Å²) in [7, 11) is 1.51. The van der Waals surface area contributed by atoms with E-state index in [9.17, 15) is 9.59 Å². The van der Waals surface area contributed by atoms with E-state index in [4.69, 9.17) is 39.5 Å². The Morgan fingerprint density at radius 3 is 2.27 bits per heavy atom. The van der Waals surface area contributed by atoms with E-state index in [1.807, 2.05) is 18.2 Å². The maximum atomic E-state index is 12.1. The summed E-state index contributed by atoms with van der Waals surface area (Å²) in [4.78, 5) is 25.4. The smallest absolute Gasteiger partial charge is 0.248 e. The second-order valence-corrected chi connectivity index (χ2v) is 6.70.